The highest BCUT2D eigenvalue weighted by Gasteiger charge is 2.37. The minimum absolute atomic E-state index is 0.0913. The van der Waals surface area contributed by atoms with Gasteiger partial charge in [0.1, 0.15) is 12.4 Å². The standard InChI is InChI=1S/C17H11Cl2FN2O3/c1-8-2-3-9(4-14(8)20)21-15(23)7-22-16(24)10-5-12(18)13(19)6-11(10)17(22)25/h2-6H,7H2,1H3,(H,21,23). The molecule has 0 aliphatic carbocycles. The summed E-state index contributed by atoms with van der Waals surface area (Å²) in [5, 5.41) is 2.73. The van der Waals surface area contributed by atoms with Crippen molar-refractivity contribution in [1.82, 2.24) is 4.90 Å². The SMILES string of the molecule is Cc1ccc(NC(=O)CN2C(=O)c3cc(Cl)c(Cl)cc3C2=O)cc1F. The average Bonchev–Trinajstić information content (AvgIpc) is 2.76. The molecule has 0 saturated heterocycles. The Labute approximate surface area is 152 Å². The number of hydrogen-bond donors (Lipinski definition) is 1. The molecule has 25 heavy (non-hydrogen) atoms. The van der Waals surface area contributed by atoms with E-state index in [0.29, 0.717) is 5.56 Å². The van der Waals surface area contributed by atoms with E-state index in [-0.39, 0.29) is 26.9 Å². The summed E-state index contributed by atoms with van der Waals surface area (Å²) in [5.41, 5.74) is 0.852. The van der Waals surface area contributed by atoms with Crippen LogP contribution >= 0.6 is 23.2 Å². The van der Waals surface area contributed by atoms with E-state index in [2.05, 4.69) is 5.32 Å². The molecule has 1 aliphatic heterocycles. The van der Waals surface area contributed by atoms with E-state index in [1.807, 2.05) is 0 Å². The van der Waals surface area contributed by atoms with Crippen LogP contribution in [0.25, 0.3) is 0 Å². The molecule has 5 nitrogen and oxygen atoms in total. The van der Waals surface area contributed by atoms with Crippen LogP contribution < -0.4 is 5.32 Å². The van der Waals surface area contributed by atoms with Crippen molar-refractivity contribution in [3.8, 4) is 0 Å². The lowest BCUT2D eigenvalue weighted by molar-refractivity contribution is -0.116. The molecule has 2 aromatic rings. The third-order valence-electron chi connectivity index (χ3n) is 3.77. The van der Waals surface area contributed by atoms with Crippen molar-refractivity contribution in [2.24, 2.45) is 0 Å². The first-order valence-electron chi connectivity index (χ1n) is 7.19. The molecular formula is C17H11Cl2FN2O3. The molecule has 0 spiro atoms. The van der Waals surface area contributed by atoms with Crippen molar-refractivity contribution in [3.63, 3.8) is 0 Å². The molecule has 0 unspecified atom stereocenters. The van der Waals surface area contributed by atoms with Crippen molar-refractivity contribution in [2.75, 3.05) is 11.9 Å². The molecule has 0 radical (unpaired) electrons. The molecule has 0 bridgehead atoms. The zero-order valence-corrected chi connectivity index (χ0v) is 14.4. The maximum absolute atomic E-state index is 13.5. The van der Waals surface area contributed by atoms with E-state index in [0.717, 1.165) is 11.0 Å². The Morgan fingerprint density at radius 1 is 1.08 bits per heavy atom. The average molecular weight is 381 g/mol. The van der Waals surface area contributed by atoms with Gasteiger partial charge in [0.25, 0.3) is 11.8 Å². The Bertz CT molecular complexity index is 889. The molecule has 1 N–H and O–H groups in total. The highest BCUT2D eigenvalue weighted by molar-refractivity contribution is 6.43. The lowest BCUT2D eigenvalue weighted by Gasteiger charge is -2.13. The van der Waals surface area contributed by atoms with E-state index >= 15 is 0 Å². The van der Waals surface area contributed by atoms with Crippen LogP contribution in [0.4, 0.5) is 10.1 Å². The minimum atomic E-state index is -0.635. The van der Waals surface area contributed by atoms with E-state index in [1.165, 1.54) is 24.3 Å². The van der Waals surface area contributed by atoms with Crippen LogP contribution in [0.2, 0.25) is 10.0 Å². The molecular weight excluding hydrogens is 370 g/mol. The number of hydrogen-bond acceptors (Lipinski definition) is 3. The lowest BCUT2D eigenvalue weighted by atomic mass is 10.1. The summed E-state index contributed by atoms with van der Waals surface area (Å²) >= 11 is 11.7. The number of carbonyl (C=O) groups excluding carboxylic acids is 3. The quantitative estimate of drug-likeness (QED) is 0.825. The Kier molecular flexibility index (Phi) is 4.49. The Balaban J connectivity index is 1.77. The number of fused-ring (bicyclic) bond motifs is 1. The van der Waals surface area contributed by atoms with Gasteiger partial charge in [-0.1, -0.05) is 29.3 Å². The van der Waals surface area contributed by atoms with Crippen molar-refractivity contribution >= 4 is 46.6 Å². The predicted octanol–water partition coefficient (Wildman–Crippen LogP) is 3.68. The molecule has 0 aromatic heterocycles. The van der Waals surface area contributed by atoms with Gasteiger partial charge in [-0.2, -0.15) is 0 Å². The number of imide groups is 1. The van der Waals surface area contributed by atoms with Crippen LogP contribution in [0, 0.1) is 12.7 Å². The van der Waals surface area contributed by atoms with Gasteiger partial charge < -0.3 is 5.32 Å². The van der Waals surface area contributed by atoms with E-state index in [4.69, 9.17) is 23.2 Å². The normalized spacial score (nSPS) is 13.2. The van der Waals surface area contributed by atoms with Gasteiger partial charge in [-0.15, -0.1) is 0 Å². The maximum atomic E-state index is 13.5. The van der Waals surface area contributed by atoms with Gasteiger partial charge in [0.05, 0.1) is 21.2 Å². The van der Waals surface area contributed by atoms with Gasteiger partial charge >= 0.3 is 0 Å². The van der Waals surface area contributed by atoms with Gasteiger partial charge in [-0.25, -0.2) is 4.39 Å². The molecule has 3 rings (SSSR count). The molecule has 0 fully saturated rings. The number of benzene rings is 2. The first-order chi connectivity index (χ1) is 11.8. The fraction of sp³-hybridized carbons (Fsp3) is 0.118. The topological polar surface area (TPSA) is 66.5 Å². The largest absolute Gasteiger partial charge is 0.324 e. The summed E-state index contributed by atoms with van der Waals surface area (Å²) in [6.45, 7) is 1.09. The third kappa shape index (κ3) is 3.23. The molecule has 0 atom stereocenters. The summed E-state index contributed by atoms with van der Waals surface area (Å²) in [6, 6.07) is 6.80. The zero-order chi connectivity index (χ0) is 18.3. The van der Waals surface area contributed by atoms with Gasteiger partial charge in [-0.3, -0.25) is 19.3 Å². The van der Waals surface area contributed by atoms with Crippen molar-refractivity contribution in [3.05, 3.63) is 62.9 Å². The highest BCUT2D eigenvalue weighted by Crippen LogP contribution is 2.31. The second-order valence-electron chi connectivity index (χ2n) is 5.52. The van der Waals surface area contributed by atoms with Crippen LogP contribution in [0.3, 0.4) is 0 Å². The number of rotatable bonds is 3. The van der Waals surface area contributed by atoms with Crippen LogP contribution in [-0.2, 0) is 4.79 Å². The second-order valence-corrected chi connectivity index (χ2v) is 6.33. The summed E-state index contributed by atoms with van der Waals surface area (Å²) in [4.78, 5) is 37.5. The smallest absolute Gasteiger partial charge is 0.262 e. The predicted molar refractivity (Wildman–Crippen MR) is 91.6 cm³/mol. The highest BCUT2D eigenvalue weighted by atomic mass is 35.5. The first kappa shape index (κ1) is 17.4. The van der Waals surface area contributed by atoms with Crippen LogP contribution in [0.1, 0.15) is 26.3 Å². The van der Waals surface area contributed by atoms with Gasteiger partial charge in [-0.05, 0) is 36.8 Å². The van der Waals surface area contributed by atoms with Crippen LogP contribution in [0.15, 0.2) is 30.3 Å². The summed E-state index contributed by atoms with van der Waals surface area (Å²) < 4.78 is 13.5. The number of nitrogens with one attached hydrogen (secondary N) is 1. The summed E-state index contributed by atoms with van der Waals surface area (Å²) in [6.07, 6.45) is 0. The molecule has 128 valence electrons. The van der Waals surface area contributed by atoms with Gasteiger partial charge in [0.2, 0.25) is 5.91 Å². The maximum Gasteiger partial charge on any atom is 0.262 e. The number of anilines is 1. The van der Waals surface area contributed by atoms with Crippen molar-refractivity contribution < 1.29 is 18.8 Å². The monoisotopic (exact) mass is 380 g/mol. The van der Waals surface area contributed by atoms with E-state index in [1.54, 1.807) is 6.92 Å². The van der Waals surface area contributed by atoms with Crippen molar-refractivity contribution in [2.45, 2.75) is 6.92 Å². The van der Waals surface area contributed by atoms with Gasteiger partial charge in [0, 0.05) is 5.69 Å². The number of halogens is 3. The van der Waals surface area contributed by atoms with E-state index < -0.39 is 30.1 Å². The molecule has 0 saturated carbocycles. The number of nitrogens with zero attached hydrogens (tertiary/aromatic N) is 1. The molecule has 8 heteroatoms. The third-order valence-corrected chi connectivity index (χ3v) is 4.49. The fourth-order valence-electron chi connectivity index (χ4n) is 2.44. The molecule has 2 aromatic carbocycles. The first-order valence-corrected chi connectivity index (χ1v) is 7.94. The van der Waals surface area contributed by atoms with Gasteiger partial charge in [0.15, 0.2) is 0 Å². The Hall–Kier alpha value is -2.44. The number of carbonyl (C=O) groups is 3. The number of amides is 3. The fourth-order valence-corrected chi connectivity index (χ4v) is 2.77. The summed E-state index contributed by atoms with van der Waals surface area (Å²) in [7, 11) is 0. The second kappa shape index (κ2) is 6.46. The summed E-state index contributed by atoms with van der Waals surface area (Å²) in [5.74, 6) is -2.37. The molecule has 1 heterocycles. The Morgan fingerprint density at radius 2 is 1.64 bits per heavy atom. The van der Waals surface area contributed by atoms with Crippen molar-refractivity contribution in [1.29, 1.82) is 0 Å². The van der Waals surface area contributed by atoms with Crippen LogP contribution in [0.5, 0.6) is 0 Å². The van der Waals surface area contributed by atoms with E-state index in [9.17, 15) is 18.8 Å². The minimum Gasteiger partial charge on any atom is -0.324 e. The molecule has 3 amide bonds. The number of aryl methyl sites for hydroxylation is 1. The molecule has 1 aliphatic rings. The van der Waals surface area contributed by atoms with Crippen LogP contribution in [-0.4, -0.2) is 29.2 Å². The zero-order valence-electron chi connectivity index (χ0n) is 12.9. The lowest BCUT2D eigenvalue weighted by Crippen LogP contribution is -2.37. The Morgan fingerprint density at radius 3 is 2.16 bits per heavy atom.